The molecule has 1 aromatic rings. The lowest BCUT2D eigenvalue weighted by atomic mass is 9.74. The molecule has 0 amide bonds. The summed E-state index contributed by atoms with van der Waals surface area (Å²) in [5.74, 6) is -0.0541. The minimum atomic E-state index is -0.828. The van der Waals surface area contributed by atoms with Crippen LogP contribution in [0.4, 0.5) is 0 Å². The van der Waals surface area contributed by atoms with Gasteiger partial charge in [0.1, 0.15) is 5.75 Å². The number of aliphatic carboxylic acids is 1. The molecule has 1 N–H and O–H groups in total. The molecule has 4 nitrogen and oxygen atoms in total. The highest BCUT2D eigenvalue weighted by atomic mass is 16.5. The van der Waals surface area contributed by atoms with Crippen LogP contribution in [0.3, 0.4) is 0 Å². The van der Waals surface area contributed by atoms with Gasteiger partial charge in [0.25, 0.3) is 0 Å². The van der Waals surface area contributed by atoms with E-state index in [0.29, 0.717) is 32.7 Å². The second-order valence-corrected chi connectivity index (χ2v) is 4.46. The molecule has 0 aromatic heterocycles. The summed E-state index contributed by atoms with van der Waals surface area (Å²) in [4.78, 5) is 11.6. The molecule has 4 heteroatoms. The fourth-order valence-corrected chi connectivity index (χ4v) is 2.40. The predicted molar refractivity (Wildman–Crippen MR) is 67.0 cm³/mol. The Morgan fingerprint density at radius 2 is 2.17 bits per heavy atom. The fraction of sp³-hybridized carbons (Fsp3) is 0.500. The summed E-state index contributed by atoms with van der Waals surface area (Å²) in [7, 11) is 0. The quantitative estimate of drug-likeness (QED) is 0.890. The van der Waals surface area contributed by atoms with E-state index in [4.69, 9.17) is 9.47 Å². The van der Waals surface area contributed by atoms with E-state index in [1.807, 2.05) is 31.2 Å². The van der Waals surface area contributed by atoms with Gasteiger partial charge in [-0.3, -0.25) is 4.79 Å². The second kappa shape index (κ2) is 5.40. The van der Waals surface area contributed by atoms with Gasteiger partial charge in [0.2, 0.25) is 0 Å². The van der Waals surface area contributed by atoms with Gasteiger partial charge in [0.15, 0.2) is 0 Å². The number of benzene rings is 1. The van der Waals surface area contributed by atoms with Crippen LogP contribution in [-0.4, -0.2) is 30.9 Å². The Bertz CT molecular complexity index is 422. The molecule has 2 rings (SSSR count). The average molecular weight is 250 g/mol. The second-order valence-electron chi connectivity index (χ2n) is 4.46. The number of carbonyl (C=O) groups is 1. The van der Waals surface area contributed by atoms with Crippen molar-refractivity contribution in [3.63, 3.8) is 0 Å². The Labute approximate surface area is 107 Å². The molecule has 1 aliphatic heterocycles. The Morgan fingerprint density at radius 3 is 2.78 bits per heavy atom. The maximum absolute atomic E-state index is 11.6. The normalized spacial score (nSPS) is 18.3. The van der Waals surface area contributed by atoms with Crippen LogP contribution in [0, 0.1) is 0 Å². The minimum absolute atomic E-state index is 0.491. The van der Waals surface area contributed by atoms with Gasteiger partial charge in [-0.1, -0.05) is 12.1 Å². The van der Waals surface area contributed by atoms with Crippen molar-refractivity contribution in [2.75, 3.05) is 19.8 Å². The molecule has 0 radical (unpaired) electrons. The van der Waals surface area contributed by atoms with E-state index in [2.05, 4.69) is 0 Å². The van der Waals surface area contributed by atoms with Crippen molar-refractivity contribution in [2.45, 2.75) is 25.2 Å². The molecule has 1 saturated heterocycles. The van der Waals surface area contributed by atoms with Crippen LogP contribution in [0.5, 0.6) is 5.75 Å². The highest BCUT2D eigenvalue weighted by Gasteiger charge is 2.42. The van der Waals surface area contributed by atoms with E-state index in [-0.39, 0.29) is 0 Å². The third-order valence-electron chi connectivity index (χ3n) is 3.45. The average Bonchev–Trinajstić information content (AvgIpc) is 2.40. The first-order valence-electron chi connectivity index (χ1n) is 6.23. The van der Waals surface area contributed by atoms with Crippen molar-refractivity contribution in [3.05, 3.63) is 29.8 Å². The number of hydrogen-bond donors (Lipinski definition) is 1. The SMILES string of the molecule is CCOc1cccc(C2(C(=O)O)CCOCC2)c1. The first-order valence-corrected chi connectivity index (χ1v) is 6.23. The van der Waals surface area contributed by atoms with Gasteiger partial charge in [-0.15, -0.1) is 0 Å². The Morgan fingerprint density at radius 1 is 1.44 bits per heavy atom. The summed E-state index contributed by atoms with van der Waals surface area (Å²) in [6.07, 6.45) is 1.02. The molecule has 0 bridgehead atoms. The van der Waals surface area contributed by atoms with Crippen LogP contribution < -0.4 is 4.74 Å². The van der Waals surface area contributed by atoms with Crippen LogP contribution >= 0.6 is 0 Å². The summed E-state index contributed by atoms with van der Waals surface area (Å²) in [5, 5.41) is 9.57. The van der Waals surface area contributed by atoms with Gasteiger partial charge in [-0.05, 0) is 37.5 Å². The monoisotopic (exact) mass is 250 g/mol. The lowest BCUT2D eigenvalue weighted by Gasteiger charge is -2.33. The van der Waals surface area contributed by atoms with Crippen molar-refractivity contribution < 1.29 is 19.4 Å². The topological polar surface area (TPSA) is 55.8 Å². The molecule has 0 atom stereocenters. The van der Waals surface area contributed by atoms with Crippen molar-refractivity contribution >= 4 is 5.97 Å². The molecule has 1 aromatic carbocycles. The third-order valence-corrected chi connectivity index (χ3v) is 3.45. The Hall–Kier alpha value is -1.55. The zero-order chi connectivity index (χ0) is 13.0. The molecule has 18 heavy (non-hydrogen) atoms. The maximum Gasteiger partial charge on any atom is 0.314 e. The maximum atomic E-state index is 11.6. The number of hydrogen-bond acceptors (Lipinski definition) is 3. The number of carboxylic acids is 1. The molecular formula is C14H18O4. The third kappa shape index (κ3) is 2.34. The molecule has 0 unspecified atom stereocenters. The number of ether oxygens (including phenoxy) is 2. The molecular weight excluding hydrogens is 232 g/mol. The van der Waals surface area contributed by atoms with Crippen LogP contribution in [0.1, 0.15) is 25.3 Å². The molecule has 0 spiro atoms. The van der Waals surface area contributed by atoms with E-state index >= 15 is 0 Å². The van der Waals surface area contributed by atoms with Crippen LogP contribution in [0.15, 0.2) is 24.3 Å². The van der Waals surface area contributed by atoms with Gasteiger partial charge < -0.3 is 14.6 Å². The number of carboxylic acid groups (broad SMARTS) is 1. The standard InChI is InChI=1S/C14H18O4/c1-2-18-12-5-3-4-11(10-12)14(13(15)16)6-8-17-9-7-14/h3-5,10H,2,6-9H2,1H3,(H,15,16). The van der Waals surface area contributed by atoms with Crippen LogP contribution in [0.2, 0.25) is 0 Å². The molecule has 1 aliphatic rings. The van der Waals surface area contributed by atoms with E-state index in [0.717, 1.165) is 11.3 Å². The van der Waals surface area contributed by atoms with Crippen molar-refractivity contribution in [1.82, 2.24) is 0 Å². The summed E-state index contributed by atoms with van der Waals surface area (Å²) in [5.41, 5.74) is -0.0185. The lowest BCUT2D eigenvalue weighted by Crippen LogP contribution is -2.41. The predicted octanol–water partition coefficient (Wildman–Crippen LogP) is 2.22. The summed E-state index contributed by atoms with van der Waals surface area (Å²) in [6.45, 7) is 3.47. The van der Waals surface area contributed by atoms with Crippen LogP contribution in [0.25, 0.3) is 0 Å². The molecule has 0 saturated carbocycles. The van der Waals surface area contributed by atoms with E-state index in [9.17, 15) is 9.90 Å². The fourth-order valence-electron chi connectivity index (χ4n) is 2.40. The van der Waals surface area contributed by atoms with Gasteiger partial charge in [-0.25, -0.2) is 0 Å². The van der Waals surface area contributed by atoms with Gasteiger partial charge in [0.05, 0.1) is 12.0 Å². The van der Waals surface area contributed by atoms with E-state index in [1.54, 1.807) is 0 Å². The first-order chi connectivity index (χ1) is 8.69. The highest BCUT2D eigenvalue weighted by molar-refractivity contribution is 5.81. The highest BCUT2D eigenvalue weighted by Crippen LogP contribution is 2.36. The van der Waals surface area contributed by atoms with Crippen LogP contribution in [-0.2, 0) is 14.9 Å². The Balaban J connectivity index is 2.36. The minimum Gasteiger partial charge on any atom is -0.494 e. The zero-order valence-electron chi connectivity index (χ0n) is 10.5. The van der Waals surface area contributed by atoms with Gasteiger partial charge in [0, 0.05) is 13.2 Å². The van der Waals surface area contributed by atoms with Gasteiger partial charge >= 0.3 is 5.97 Å². The number of rotatable bonds is 4. The van der Waals surface area contributed by atoms with Crippen molar-refractivity contribution in [1.29, 1.82) is 0 Å². The van der Waals surface area contributed by atoms with Crippen molar-refractivity contribution in [3.8, 4) is 5.75 Å². The Kier molecular flexibility index (Phi) is 3.87. The van der Waals surface area contributed by atoms with Crippen molar-refractivity contribution in [2.24, 2.45) is 0 Å². The zero-order valence-corrected chi connectivity index (χ0v) is 10.5. The van der Waals surface area contributed by atoms with Gasteiger partial charge in [-0.2, -0.15) is 0 Å². The summed E-state index contributed by atoms with van der Waals surface area (Å²) >= 11 is 0. The largest absolute Gasteiger partial charge is 0.494 e. The van der Waals surface area contributed by atoms with E-state index in [1.165, 1.54) is 0 Å². The first kappa shape index (κ1) is 12.9. The molecule has 1 fully saturated rings. The summed E-state index contributed by atoms with van der Waals surface area (Å²) in [6, 6.07) is 7.40. The smallest absolute Gasteiger partial charge is 0.314 e. The molecule has 98 valence electrons. The molecule has 1 heterocycles. The summed E-state index contributed by atoms with van der Waals surface area (Å²) < 4.78 is 10.7. The molecule has 0 aliphatic carbocycles. The lowest BCUT2D eigenvalue weighted by molar-refractivity contribution is -0.147. The van der Waals surface area contributed by atoms with E-state index < -0.39 is 11.4 Å².